The van der Waals surface area contributed by atoms with E-state index >= 15 is 0 Å². The average Bonchev–Trinajstić information content (AvgIpc) is 2.77. The molecule has 5 heteroatoms. The summed E-state index contributed by atoms with van der Waals surface area (Å²) in [6.07, 6.45) is 2.83. The molecule has 2 aromatic carbocycles. The van der Waals surface area contributed by atoms with Gasteiger partial charge < -0.3 is 9.88 Å². The number of nitriles is 1. The first-order valence-electron chi connectivity index (χ1n) is 10.5. The van der Waals surface area contributed by atoms with Gasteiger partial charge in [-0.3, -0.25) is 9.59 Å². The molecule has 0 aliphatic rings. The van der Waals surface area contributed by atoms with E-state index in [4.69, 9.17) is 0 Å². The van der Waals surface area contributed by atoms with Crippen LogP contribution in [0.25, 0.3) is 11.1 Å². The normalized spacial score (nSPS) is 10.5. The van der Waals surface area contributed by atoms with Gasteiger partial charge in [0.15, 0.2) is 0 Å². The predicted molar refractivity (Wildman–Crippen MR) is 124 cm³/mol. The van der Waals surface area contributed by atoms with Crippen molar-refractivity contribution in [3.05, 3.63) is 87.3 Å². The molecular weight excluding hydrogens is 386 g/mol. The van der Waals surface area contributed by atoms with Gasteiger partial charge in [0.2, 0.25) is 5.91 Å². The Morgan fingerprint density at radius 2 is 1.84 bits per heavy atom. The van der Waals surface area contributed by atoms with Gasteiger partial charge in [-0.1, -0.05) is 55.8 Å². The highest BCUT2D eigenvalue weighted by Crippen LogP contribution is 2.24. The lowest BCUT2D eigenvalue weighted by Gasteiger charge is -2.17. The van der Waals surface area contributed by atoms with Crippen molar-refractivity contribution in [3.63, 3.8) is 0 Å². The zero-order chi connectivity index (χ0) is 22.4. The highest BCUT2D eigenvalue weighted by Gasteiger charge is 2.14. The van der Waals surface area contributed by atoms with Crippen LogP contribution in [0, 0.1) is 18.3 Å². The Balaban J connectivity index is 1.98. The van der Waals surface area contributed by atoms with Crippen LogP contribution in [0.5, 0.6) is 0 Å². The molecule has 31 heavy (non-hydrogen) atoms. The molecule has 0 aliphatic carbocycles. The summed E-state index contributed by atoms with van der Waals surface area (Å²) in [5.41, 5.74) is 5.38. The standard InChI is InChI=1S/C26H27N3O2/c1-4-5-9-23-15-18(2)25(28-19(3)30)26(31)29(23)17-20-11-13-21(14-12-20)24-10-7-6-8-22(24)16-27/h6-8,10-15H,4-5,9,17H2,1-3H3,(H,28,30). The monoisotopic (exact) mass is 413 g/mol. The van der Waals surface area contributed by atoms with E-state index in [1.165, 1.54) is 6.92 Å². The summed E-state index contributed by atoms with van der Waals surface area (Å²) in [4.78, 5) is 24.8. The van der Waals surface area contributed by atoms with Gasteiger partial charge in [0, 0.05) is 12.6 Å². The van der Waals surface area contributed by atoms with E-state index in [9.17, 15) is 14.9 Å². The van der Waals surface area contributed by atoms with Gasteiger partial charge in [0.1, 0.15) is 5.69 Å². The van der Waals surface area contributed by atoms with Gasteiger partial charge in [-0.2, -0.15) is 5.26 Å². The van der Waals surface area contributed by atoms with Gasteiger partial charge in [0.25, 0.3) is 5.56 Å². The van der Waals surface area contributed by atoms with Crippen molar-refractivity contribution in [1.82, 2.24) is 4.57 Å². The molecule has 0 fully saturated rings. The first-order chi connectivity index (χ1) is 14.9. The van der Waals surface area contributed by atoms with Crippen molar-refractivity contribution < 1.29 is 4.79 Å². The molecule has 0 saturated carbocycles. The highest BCUT2D eigenvalue weighted by atomic mass is 16.2. The molecule has 1 heterocycles. The summed E-state index contributed by atoms with van der Waals surface area (Å²) in [5, 5.41) is 12.0. The van der Waals surface area contributed by atoms with Gasteiger partial charge in [-0.15, -0.1) is 0 Å². The molecule has 0 spiro atoms. The number of aryl methyl sites for hydroxylation is 2. The van der Waals surface area contributed by atoms with E-state index in [1.807, 2.05) is 55.5 Å². The number of amides is 1. The number of pyridine rings is 1. The van der Waals surface area contributed by atoms with E-state index in [2.05, 4.69) is 18.3 Å². The third-order valence-electron chi connectivity index (χ3n) is 5.32. The van der Waals surface area contributed by atoms with Gasteiger partial charge in [-0.25, -0.2) is 0 Å². The van der Waals surface area contributed by atoms with Gasteiger partial charge >= 0.3 is 0 Å². The van der Waals surface area contributed by atoms with Crippen LogP contribution in [0.3, 0.4) is 0 Å². The van der Waals surface area contributed by atoms with Crippen LogP contribution < -0.4 is 10.9 Å². The smallest absolute Gasteiger partial charge is 0.275 e. The molecule has 3 aromatic rings. The van der Waals surface area contributed by atoms with Crippen LogP contribution in [0.15, 0.2) is 59.4 Å². The summed E-state index contributed by atoms with van der Waals surface area (Å²) in [6, 6.07) is 19.7. The maximum atomic E-state index is 13.2. The number of anilines is 1. The zero-order valence-corrected chi connectivity index (χ0v) is 18.2. The zero-order valence-electron chi connectivity index (χ0n) is 18.2. The predicted octanol–water partition coefficient (Wildman–Crippen LogP) is 5.04. The number of unbranched alkanes of at least 4 members (excludes halogenated alkanes) is 1. The third-order valence-corrected chi connectivity index (χ3v) is 5.32. The number of hydrogen-bond acceptors (Lipinski definition) is 3. The number of aromatic nitrogens is 1. The van der Waals surface area contributed by atoms with Crippen LogP contribution in [0.1, 0.15) is 49.1 Å². The molecule has 1 N–H and O–H groups in total. The molecule has 0 bridgehead atoms. The molecule has 0 unspecified atom stereocenters. The number of carbonyl (C=O) groups is 1. The Morgan fingerprint density at radius 3 is 2.48 bits per heavy atom. The average molecular weight is 414 g/mol. The van der Waals surface area contributed by atoms with Gasteiger partial charge in [0.05, 0.1) is 18.2 Å². The fourth-order valence-electron chi connectivity index (χ4n) is 3.71. The largest absolute Gasteiger partial charge is 0.322 e. The van der Waals surface area contributed by atoms with E-state index in [-0.39, 0.29) is 11.5 Å². The molecule has 0 atom stereocenters. The lowest BCUT2D eigenvalue weighted by atomic mass is 9.99. The van der Waals surface area contributed by atoms with Crippen molar-refractivity contribution in [2.45, 2.75) is 46.6 Å². The lowest BCUT2D eigenvalue weighted by molar-refractivity contribution is -0.114. The molecule has 158 valence electrons. The summed E-state index contributed by atoms with van der Waals surface area (Å²) in [6.45, 7) is 5.81. The fourth-order valence-corrected chi connectivity index (χ4v) is 3.71. The Kier molecular flexibility index (Phi) is 7.04. The Hall–Kier alpha value is -3.65. The van der Waals surface area contributed by atoms with Gasteiger partial charge in [-0.05, 0) is 54.2 Å². The van der Waals surface area contributed by atoms with Crippen LogP contribution in [0.2, 0.25) is 0 Å². The number of nitrogens with one attached hydrogen (secondary N) is 1. The fraction of sp³-hybridized carbons (Fsp3) is 0.269. The molecular formula is C26H27N3O2. The summed E-state index contributed by atoms with van der Waals surface area (Å²) in [5.74, 6) is -0.256. The van der Waals surface area contributed by atoms with Crippen molar-refractivity contribution in [2.75, 3.05) is 5.32 Å². The Labute approximate surface area is 183 Å². The minimum atomic E-state index is -0.256. The number of hydrogen-bond donors (Lipinski definition) is 1. The maximum Gasteiger partial charge on any atom is 0.275 e. The van der Waals surface area contributed by atoms with Crippen LogP contribution in [-0.4, -0.2) is 10.5 Å². The molecule has 0 aliphatic heterocycles. The van der Waals surface area contributed by atoms with Crippen LogP contribution in [0.4, 0.5) is 5.69 Å². The summed E-state index contributed by atoms with van der Waals surface area (Å²) < 4.78 is 1.76. The SMILES string of the molecule is CCCCc1cc(C)c(NC(C)=O)c(=O)n1Cc1ccc(-c2ccccc2C#N)cc1. The number of carbonyl (C=O) groups excluding carboxylic acids is 1. The minimum absolute atomic E-state index is 0.180. The second-order valence-corrected chi connectivity index (χ2v) is 7.72. The number of benzene rings is 2. The third kappa shape index (κ3) is 5.10. The number of rotatable bonds is 7. The summed E-state index contributed by atoms with van der Waals surface area (Å²) >= 11 is 0. The van der Waals surface area contributed by atoms with E-state index in [0.29, 0.717) is 17.8 Å². The first kappa shape index (κ1) is 22.0. The first-order valence-corrected chi connectivity index (χ1v) is 10.5. The lowest BCUT2D eigenvalue weighted by Crippen LogP contribution is -2.29. The molecule has 5 nitrogen and oxygen atoms in total. The second kappa shape index (κ2) is 9.90. The highest BCUT2D eigenvalue weighted by molar-refractivity contribution is 5.89. The van der Waals surface area contributed by atoms with Crippen molar-refractivity contribution in [3.8, 4) is 17.2 Å². The van der Waals surface area contributed by atoms with Crippen LogP contribution >= 0.6 is 0 Å². The maximum absolute atomic E-state index is 13.2. The quantitative estimate of drug-likeness (QED) is 0.589. The van der Waals surface area contributed by atoms with Crippen molar-refractivity contribution >= 4 is 11.6 Å². The topological polar surface area (TPSA) is 74.9 Å². The van der Waals surface area contributed by atoms with E-state index < -0.39 is 0 Å². The Morgan fingerprint density at radius 1 is 1.13 bits per heavy atom. The molecule has 1 aromatic heterocycles. The van der Waals surface area contributed by atoms with E-state index in [1.54, 1.807) is 10.6 Å². The minimum Gasteiger partial charge on any atom is -0.322 e. The van der Waals surface area contributed by atoms with Crippen molar-refractivity contribution in [2.24, 2.45) is 0 Å². The molecule has 0 radical (unpaired) electrons. The van der Waals surface area contributed by atoms with E-state index in [0.717, 1.165) is 47.2 Å². The summed E-state index contributed by atoms with van der Waals surface area (Å²) in [7, 11) is 0. The van der Waals surface area contributed by atoms with Crippen molar-refractivity contribution in [1.29, 1.82) is 5.26 Å². The van der Waals surface area contributed by atoms with Crippen LogP contribution in [-0.2, 0) is 17.8 Å². The molecule has 1 amide bonds. The molecule has 0 saturated heterocycles. The Bertz CT molecular complexity index is 1180. The second-order valence-electron chi connectivity index (χ2n) is 7.72. The number of nitrogens with zero attached hydrogens (tertiary/aromatic N) is 2. The molecule has 3 rings (SSSR count).